The van der Waals surface area contributed by atoms with E-state index in [1.54, 1.807) is 41.7 Å². The van der Waals surface area contributed by atoms with E-state index in [0.717, 1.165) is 16.0 Å². The Labute approximate surface area is 185 Å². The van der Waals surface area contributed by atoms with E-state index < -0.39 is 5.41 Å². The minimum absolute atomic E-state index is 0.0283. The molecule has 3 aromatic rings. The van der Waals surface area contributed by atoms with Crippen molar-refractivity contribution in [3.8, 4) is 11.1 Å². The third-order valence-corrected chi connectivity index (χ3v) is 7.37. The van der Waals surface area contributed by atoms with Gasteiger partial charge in [-0.3, -0.25) is 9.59 Å². The molecule has 30 heavy (non-hydrogen) atoms. The summed E-state index contributed by atoms with van der Waals surface area (Å²) in [5.41, 5.74) is 3.68. The van der Waals surface area contributed by atoms with Crippen molar-refractivity contribution in [2.45, 2.75) is 19.8 Å². The first kappa shape index (κ1) is 20.8. The standard InChI is InChI=1S/C24H26N2O2S2/c1-17-12-21(15-30-17)22(27)26-10-9-24(16-26,23(28)25(2)3)13-18-4-6-19(7-5-18)20-8-11-29-14-20/h4-8,11-12,14-15H,9-10,13,16H2,1-3H3/t24-/m0/s1. The van der Waals surface area contributed by atoms with Gasteiger partial charge in [0, 0.05) is 37.4 Å². The molecule has 1 aliphatic heterocycles. The first-order valence-electron chi connectivity index (χ1n) is 10.1. The molecule has 4 nitrogen and oxygen atoms in total. The van der Waals surface area contributed by atoms with Crippen LogP contribution in [0, 0.1) is 12.3 Å². The molecule has 0 bridgehead atoms. The van der Waals surface area contributed by atoms with Crippen molar-refractivity contribution in [1.29, 1.82) is 0 Å². The maximum absolute atomic E-state index is 13.2. The summed E-state index contributed by atoms with van der Waals surface area (Å²) in [5, 5.41) is 6.13. The number of carbonyl (C=O) groups excluding carboxylic acids is 2. The van der Waals surface area contributed by atoms with Gasteiger partial charge in [-0.05, 0) is 59.3 Å². The van der Waals surface area contributed by atoms with Crippen LogP contribution >= 0.6 is 22.7 Å². The van der Waals surface area contributed by atoms with Crippen LogP contribution in [-0.4, -0.2) is 48.8 Å². The molecule has 0 unspecified atom stereocenters. The lowest BCUT2D eigenvalue weighted by atomic mass is 9.79. The molecule has 1 aliphatic rings. The lowest BCUT2D eigenvalue weighted by Gasteiger charge is -2.31. The lowest BCUT2D eigenvalue weighted by molar-refractivity contribution is -0.138. The van der Waals surface area contributed by atoms with Gasteiger partial charge in [0.15, 0.2) is 0 Å². The number of rotatable bonds is 5. The van der Waals surface area contributed by atoms with Crippen LogP contribution in [0.3, 0.4) is 0 Å². The monoisotopic (exact) mass is 438 g/mol. The molecule has 1 fully saturated rings. The first-order chi connectivity index (χ1) is 14.4. The fourth-order valence-corrected chi connectivity index (χ4v) is 5.63. The number of carbonyl (C=O) groups is 2. The Balaban J connectivity index is 1.56. The molecular formula is C24H26N2O2S2. The topological polar surface area (TPSA) is 40.6 Å². The van der Waals surface area contributed by atoms with Crippen molar-refractivity contribution in [2.75, 3.05) is 27.2 Å². The van der Waals surface area contributed by atoms with Crippen LogP contribution < -0.4 is 0 Å². The van der Waals surface area contributed by atoms with Gasteiger partial charge in [-0.1, -0.05) is 24.3 Å². The average Bonchev–Trinajstić information content (AvgIpc) is 3.49. The van der Waals surface area contributed by atoms with Crippen LogP contribution in [0.25, 0.3) is 11.1 Å². The third-order valence-electron chi connectivity index (χ3n) is 5.83. The second-order valence-corrected chi connectivity index (χ2v) is 10.2. The molecule has 6 heteroatoms. The molecule has 4 rings (SSSR count). The minimum Gasteiger partial charge on any atom is -0.348 e. The number of hydrogen-bond acceptors (Lipinski definition) is 4. The molecule has 0 radical (unpaired) electrons. The number of benzene rings is 1. The Hall–Kier alpha value is -2.44. The average molecular weight is 439 g/mol. The maximum Gasteiger partial charge on any atom is 0.254 e. The lowest BCUT2D eigenvalue weighted by Crippen LogP contribution is -2.44. The van der Waals surface area contributed by atoms with E-state index in [1.807, 2.05) is 23.3 Å². The molecule has 1 saturated heterocycles. The van der Waals surface area contributed by atoms with Crippen molar-refractivity contribution in [3.05, 3.63) is 68.5 Å². The molecule has 156 valence electrons. The van der Waals surface area contributed by atoms with Crippen molar-refractivity contribution < 1.29 is 9.59 Å². The summed E-state index contributed by atoms with van der Waals surface area (Å²) < 4.78 is 0. The molecule has 3 heterocycles. The Kier molecular flexibility index (Phi) is 5.80. The van der Waals surface area contributed by atoms with Gasteiger partial charge in [0.2, 0.25) is 5.91 Å². The van der Waals surface area contributed by atoms with Crippen molar-refractivity contribution in [2.24, 2.45) is 5.41 Å². The van der Waals surface area contributed by atoms with E-state index in [-0.39, 0.29) is 11.8 Å². The summed E-state index contributed by atoms with van der Waals surface area (Å²) in [5.74, 6) is 0.127. The molecule has 1 atom stereocenters. The number of likely N-dealkylation sites (tertiary alicyclic amines) is 1. The predicted octanol–water partition coefficient (Wildman–Crippen LogP) is 4.95. The molecule has 2 aromatic heterocycles. The summed E-state index contributed by atoms with van der Waals surface area (Å²) in [7, 11) is 3.60. The third kappa shape index (κ3) is 4.07. The molecule has 0 aliphatic carbocycles. The second-order valence-electron chi connectivity index (χ2n) is 8.29. The fraction of sp³-hybridized carbons (Fsp3) is 0.333. The first-order valence-corrected chi connectivity index (χ1v) is 11.9. The second kappa shape index (κ2) is 8.36. The summed E-state index contributed by atoms with van der Waals surface area (Å²) in [6.45, 7) is 3.08. The normalized spacial score (nSPS) is 18.6. The van der Waals surface area contributed by atoms with E-state index in [2.05, 4.69) is 41.1 Å². The van der Waals surface area contributed by atoms with Crippen LogP contribution in [0.15, 0.2) is 52.5 Å². The van der Waals surface area contributed by atoms with Crippen molar-refractivity contribution in [3.63, 3.8) is 0 Å². The zero-order valence-electron chi connectivity index (χ0n) is 17.6. The highest BCUT2D eigenvalue weighted by Crippen LogP contribution is 2.37. The SMILES string of the molecule is Cc1cc(C(=O)N2CC[C@@](Cc3ccc(-c4ccsc4)cc3)(C(=O)N(C)C)C2)cs1. The van der Waals surface area contributed by atoms with E-state index in [1.165, 1.54) is 11.1 Å². The van der Waals surface area contributed by atoms with Gasteiger partial charge in [0.05, 0.1) is 11.0 Å². The van der Waals surface area contributed by atoms with Crippen LogP contribution in [0.2, 0.25) is 0 Å². The smallest absolute Gasteiger partial charge is 0.254 e. The highest BCUT2D eigenvalue weighted by Gasteiger charge is 2.46. The Bertz CT molecular complexity index is 1040. The van der Waals surface area contributed by atoms with Crippen molar-refractivity contribution >= 4 is 34.5 Å². The van der Waals surface area contributed by atoms with Gasteiger partial charge < -0.3 is 9.80 Å². The summed E-state index contributed by atoms with van der Waals surface area (Å²) in [6.07, 6.45) is 1.32. The van der Waals surface area contributed by atoms with Crippen LogP contribution in [-0.2, 0) is 11.2 Å². The predicted molar refractivity (Wildman–Crippen MR) is 124 cm³/mol. The van der Waals surface area contributed by atoms with Gasteiger partial charge in [-0.15, -0.1) is 11.3 Å². The Morgan fingerprint density at radius 2 is 1.87 bits per heavy atom. The zero-order valence-corrected chi connectivity index (χ0v) is 19.2. The van der Waals surface area contributed by atoms with Crippen LogP contribution in [0.5, 0.6) is 0 Å². The summed E-state index contributed by atoms with van der Waals surface area (Å²) in [6, 6.07) is 12.5. The number of amides is 2. The number of hydrogen-bond donors (Lipinski definition) is 0. The van der Waals surface area contributed by atoms with Gasteiger partial charge in [0.1, 0.15) is 0 Å². The molecule has 0 saturated carbocycles. The quantitative estimate of drug-likeness (QED) is 0.566. The van der Waals surface area contributed by atoms with Gasteiger partial charge in [-0.25, -0.2) is 0 Å². The largest absolute Gasteiger partial charge is 0.348 e. The maximum atomic E-state index is 13.2. The van der Waals surface area contributed by atoms with Crippen molar-refractivity contribution in [1.82, 2.24) is 9.80 Å². The van der Waals surface area contributed by atoms with E-state index >= 15 is 0 Å². The molecule has 0 N–H and O–H groups in total. The number of thiophene rings is 2. The van der Waals surface area contributed by atoms with Gasteiger partial charge in [-0.2, -0.15) is 11.3 Å². The minimum atomic E-state index is -0.575. The molecule has 2 amide bonds. The van der Waals surface area contributed by atoms with Crippen LogP contribution in [0.1, 0.15) is 27.2 Å². The Morgan fingerprint density at radius 1 is 1.10 bits per heavy atom. The van der Waals surface area contributed by atoms with E-state index in [4.69, 9.17) is 0 Å². The van der Waals surface area contributed by atoms with E-state index in [9.17, 15) is 9.59 Å². The summed E-state index contributed by atoms with van der Waals surface area (Å²) >= 11 is 3.27. The van der Waals surface area contributed by atoms with Gasteiger partial charge in [0.25, 0.3) is 5.91 Å². The number of nitrogens with zero attached hydrogens (tertiary/aromatic N) is 2. The highest BCUT2D eigenvalue weighted by atomic mass is 32.1. The molecular weight excluding hydrogens is 412 g/mol. The van der Waals surface area contributed by atoms with Gasteiger partial charge >= 0.3 is 0 Å². The Morgan fingerprint density at radius 3 is 2.47 bits per heavy atom. The van der Waals surface area contributed by atoms with E-state index in [0.29, 0.717) is 25.9 Å². The summed E-state index contributed by atoms with van der Waals surface area (Å²) in [4.78, 5) is 30.8. The number of aryl methyl sites for hydroxylation is 1. The fourth-order valence-electron chi connectivity index (χ4n) is 4.29. The highest BCUT2D eigenvalue weighted by molar-refractivity contribution is 7.10. The molecule has 1 aromatic carbocycles. The molecule has 0 spiro atoms. The zero-order chi connectivity index (χ0) is 21.3. The van der Waals surface area contributed by atoms with Crippen LogP contribution in [0.4, 0.5) is 0 Å².